The van der Waals surface area contributed by atoms with Crippen LogP contribution in [-0.2, 0) is 9.53 Å². The van der Waals surface area contributed by atoms with Gasteiger partial charge in [-0.05, 0) is 62.7 Å². The van der Waals surface area contributed by atoms with Gasteiger partial charge in [0.15, 0.2) is 0 Å². The quantitative estimate of drug-likeness (QED) is 0.526. The molecular formula is C22H21ClN2O4. The highest BCUT2D eigenvalue weighted by Gasteiger charge is 2.29. The van der Waals surface area contributed by atoms with Crippen molar-refractivity contribution in [3.63, 3.8) is 0 Å². The molecule has 0 radical (unpaired) electrons. The minimum atomic E-state index is -0.550. The van der Waals surface area contributed by atoms with Gasteiger partial charge in [-0.15, -0.1) is 0 Å². The fraction of sp³-hybridized carbons (Fsp3) is 0.227. The second-order valence-electron chi connectivity index (χ2n) is 6.76. The van der Waals surface area contributed by atoms with Crippen LogP contribution in [0.1, 0.15) is 36.7 Å². The summed E-state index contributed by atoms with van der Waals surface area (Å²) in [5, 5.41) is 5.86. The molecule has 1 amide bonds. The van der Waals surface area contributed by atoms with E-state index in [2.05, 4.69) is 5.10 Å². The SMILES string of the molecule is COc1cccc(/C=C2\C(=O)N(c3ccc(Cl)c(C(=O)OC(C)C)c3)N=C2C)c1. The van der Waals surface area contributed by atoms with Gasteiger partial charge in [0, 0.05) is 0 Å². The third-order valence-electron chi connectivity index (χ3n) is 4.22. The highest BCUT2D eigenvalue weighted by molar-refractivity contribution is 6.34. The van der Waals surface area contributed by atoms with E-state index >= 15 is 0 Å². The number of halogens is 1. The van der Waals surface area contributed by atoms with E-state index in [0.29, 0.717) is 22.7 Å². The van der Waals surface area contributed by atoms with Gasteiger partial charge in [-0.1, -0.05) is 23.7 Å². The molecule has 0 N–H and O–H groups in total. The van der Waals surface area contributed by atoms with Crippen molar-refractivity contribution >= 4 is 41.0 Å². The first-order valence-electron chi connectivity index (χ1n) is 9.06. The Morgan fingerprint density at radius 2 is 1.97 bits per heavy atom. The van der Waals surface area contributed by atoms with Gasteiger partial charge in [0.2, 0.25) is 0 Å². The molecule has 0 atom stereocenters. The molecule has 0 aliphatic carbocycles. The van der Waals surface area contributed by atoms with Crippen LogP contribution in [0.4, 0.5) is 5.69 Å². The first-order chi connectivity index (χ1) is 13.8. The fourth-order valence-corrected chi connectivity index (χ4v) is 3.03. The smallest absolute Gasteiger partial charge is 0.339 e. The molecule has 6 nitrogen and oxygen atoms in total. The maximum absolute atomic E-state index is 13.0. The van der Waals surface area contributed by atoms with Crippen LogP contribution in [0.5, 0.6) is 5.75 Å². The standard InChI is InChI=1S/C22H21ClN2O4/c1-13(2)29-22(27)19-12-16(8-9-20(19)23)25-21(26)18(14(3)24-25)11-15-6-5-7-17(10-15)28-4/h5-13H,1-4H3/b18-11-. The summed E-state index contributed by atoms with van der Waals surface area (Å²) in [6, 6.07) is 12.1. The maximum Gasteiger partial charge on any atom is 0.339 e. The zero-order valence-corrected chi connectivity index (χ0v) is 17.4. The number of carbonyl (C=O) groups excluding carboxylic acids is 2. The number of esters is 1. The number of amides is 1. The Balaban J connectivity index is 1.92. The predicted molar refractivity (Wildman–Crippen MR) is 114 cm³/mol. The molecule has 0 spiro atoms. The van der Waals surface area contributed by atoms with Gasteiger partial charge in [-0.25, -0.2) is 4.79 Å². The van der Waals surface area contributed by atoms with E-state index in [9.17, 15) is 9.59 Å². The van der Waals surface area contributed by atoms with Crippen LogP contribution in [0.15, 0.2) is 53.1 Å². The highest BCUT2D eigenvalue weighted by Crippen LogP contribution is 2.29. The van der Waals surface area contributed by atoms with Crippen molar-refractivity contribution in [2.45, 2.75) is 26.9 Å². The molecule has 29 heavy (non-hydrogen) atoms. The number of rotatable bonds is 5. The van der Waals surface area contributed by atoms with E-state index in [0.717, 1.165) is 5.56 Å². The second-order valence-corrected chi connectivity index (χ2v) is 7.16. The molecule has 1 heterocycles. The van der Waals surface area contributed by atoms with Gasteiger partial charge < -0.3 is 9.47 Å². The van der Waals surface area contributed by atoms with E-state index in [4.69, 9.17) is 21.1 Å². The maximum atomic E-state index is 13.0. The number of hydrazone groups is 1. The van der Waals surface area contributed by atoms with Crippen LogP contribution in [-0.4, -0.2) is 30.8 Å². The highest BCUT2D eigenvalue weighted by atomic mass is 35.5. The molecule has 0 bridgehead atoms. The van der Waals surface area contributed by atoms with Crippen molar-refractivity contribution in [3.05, 3.63) is 64.2 Å². The van der Waals surface area contributed by atoms with Gasteiger partial charge in [0.05, 0.1) is 40.8 Å². The van der Waals surface area contributed by atoms with Crippen molar-refractivity contribution in [2.24, 2.45) is 5.10 Å². The number of benzene rings is 2. The Kier molecular flexibility index (Phi) is 6.03. The molecule has 3 rings (SSSR count). The number of hydrogen-bond donors (Lipinski definition) is 0. The van der Waals surface area contributed by atoms with Gasteiger partial charge in [0.25, 0.3) is 5.91 Å². The lowest BCUT2D eigenvalue weighted by molar-refractivity contribution is -0.114. The molecule has 150 valence electrons. The predicted octanol–water partition coefficient (Wildman–Crippen LogP) is 4.72. The molecule has 0 unspecified atom stereocenters. The van der Waals surface area contributed by atoms with Crippen LogP contribution in [0, 0.1) is 0 Å². The Hall–Kier alpha value is -3.12. The summed E-state index contributed by atoms with van der Waals surface area (Å²) >= 11 is 6.15. The first-order valence-corrected chi connectivity index (χ1v) is 9.44. The molecule has 7 heteroatoms. The Morgan fingerprint density at radius 3 is 2.66 bits per heavy atom. The summed E-state index contributed by atoms with van der Waals surface area (Å²) in [6.45, 7) is 5.26. The van der Waals surface area contributed by atoms with E-state index in [-0.39, 0.29) is 22.6 Å². The number of anilines is 1. The lowest BCUT2D eigenvalue weighted by Crippen LogP contribution is -2.22. The monoisotopic (exact) mass is 412 g/mol. The first kappa shape index (κ1) is 20.6. The Labute approximate surface area is 174 Å². The zero-order valence-electron chi connectivity index (χ0n) is 16.6. The van der Waals surface area contributed by atoms with Crippen molar-refractivity contribution in [2.75, 3.05) is 12.1 Å². The summed E-state index contributed by atoms with van der Waals surface area (Å²) in [5.74, 6) is -0.149. The minimum Gasteiger partial charge on any atom is -0.497 e. The summed E-state index contributed by atoms with van der Waals surface area (Å²) in [6.07, 6.45) is 1.47. The van der Waals surface area contributed by atoms with Crippen LogP contribution < -0.4 is 9.75 Å². The number of methoxy groups -OCH3 is 1. The average Bonchev–Trinajstić information content (AvgIpc) is 2.96. The number of carbonyl (C=O) groups is 2. The molecule has 2 aromatic rings. The van der Waals surface area contributed by atoms with Crippen LogP contribution in [0.3, 0.4) is 0 Å². The number of ether oxygens (including phenoxy) is 2. The third-order valence-corrected chi connectivity index (χ3v) is 4.55. The van der Waals surface area contributed by atoms with E-state index in [1.165, 1.54) is 11.1 Å². The lowest BCUT2D eigenvalue weighted by atomic mass is 10.1. The molecule has 1 aliphatic heterocycles. The molecular weight excluding hydrogens is 392 g/mol. The van der Waals surface area contributed by atoms with Gasteiger partial charge in [-0.3, -0.25) is 4.79 Å². The molecule has 0 saturated carbocycles. The van der Waals surface area contributed by atoms with Gasteiger partial charge in [-0.2, -0.15) is 10.1 Å². The third kappa shape index (κ3) is 4.49. The molecule has 0 fully saturated rings. The van der Waals surface area contributed by atoms with E-state index in [1.54, 1.807) is 46.1 Å². The van der Waals surface area contributed by atoms with Crippen molar-refractivity contribution in [3.8, 4) is 5.75 Å². The van der Waals surface area contributed by atoms with Crippen LogP contribution in [0.2, 0.25) is 5.02 Å². The summed E-state index contributed by atoms with van der Waals surface area (Å²) in [4.78, 5) is 25.3. The number of nitrogens with zero attached hydrogens (tertiary/aromatic N) is 2. The molecule has 0 aromatic heterocycles. The van der Waals surface area contributed by atoms with Crippen molar-refractivity contribution in [1.82, 2.24) is 0 Å². The van der Waals surface area contributed by atoms with Crippen molar-refractivity contribution in [1.29, 1.82) is 0 Å². The summed E-state index contributed by atoms with van der Waals surface area (Å²) in [7, 11) is 1.59. The van der Waals surface area contributed by atoms with E-state index in [1.807, 2.05) is 24.3 Å². The Morgan fingerprint density at radius 1 is 1.21 bits per heavy atom. The summed E-state index contributed by atoms with van der Waals surface area (Å²) in [5.41, 5.74) is 2.47. The second kappa shape index (κ2) is 8.49. The molecule has 1 aliphatic rings. The topological polar surface area (TPSA) is 68.2 Å². The van der Waals surface area contributed by atoms with Crippen LogP contribution in [0.25, 0.3) is 6.08 Å². The van der Waals surface area contributed by atoms with Gasteiger partial charge >= 0.3 is 5.97 Å². The average molecular weight is 413 g/mol. The number of hydrogen-bond acceptors (Lipinski definition) is 5. The largest absolute Gasteiger partial charge is 0.497 e. The normalized spacial score (nSPS) is 15.1. The fourth-order valence-electron chi connectivity index (χ4n) is 2.84. The molecule has 2 aromatic carbocycles. The lowest BCUT2D eigenvalue weighted by Gasteiger charge is -2.14. The van der Waals surface area contributed by atoms with Crippen molar-refractivity contribution < 1.29 is 19.1 Å². The Bertz CT molecular complexity index is 1030. The summed E-state index contributed by atoms with van der Waals surface area (Å²) < 4.78 is 10.4. The zero-order chi connectivity index (χ0) is 21.1. The molecule has 0 saturated heterocycles. The van der Waals surface area contributed by atoms with Crippen LogP contribution >= 0.6 is 11.6 Å². The van der Waals surface area contributed by atoms with Gasteiger partial charge in [0.1, 0.15) is 5.75 Å². The van der Waals surface area contributed by atoms with E-state index < -0.39 is 5.97 Å². The minimum absolute atomic E-state index is 0.184.